The monoisotopic (exact) mass is 1940 g/mol. The number of aliphatic hydroxyl groups is 2. The van der Waals surface area contributed by atoms with Crippen molar-refractivity contribution in [1.82, 2.24) is 99.5 Å². The van der Waals surface area contributed by atoms with Gasteiger partial charge >= 0.3 is 23.9 Å². The number of amides is 17. The lowest BCUT2D eigenvalue weighted by molar-refractivity contribution is -0.144. The fraction of sp³-hybridized carbons (Fsp3) is 0.667. The normalized spacial score (nSPS) is 17.6. The van der Waals surface area contributed by atoms with Crippen LogP contribution in [-0.2, 0) is 114 Å². The number of nitrogens with zero attached hydrogens (tertiary/aromatic N) is 3. The number of likely N-dealkylation sites (tertiary alicyclic amines) is 2. The maximum Gasteiger partial charge on any atom is 0.326 e. The first-order valence-electron chi connectivity index (χ1n) is 46.4. The van der Waals surface area contributed by atoms with Crippen LogP contribution in [0.25, 0.3) is 0 Å². The van der Waals surface area contributed by atoms with Crippen molar-refractivity contribution in [3.8, 4) is 0 Å². The molecular weight excluding hydrogens is 1790 g/mol. The van der Waals surface area contributed by atoms with E-state index in [2.05, 4.69) is 89.7 Å². The van der Waals surface area contributed by atoms with Gasteiger partial charge in [-0.2, -0.15) is 0 Å². The number of imidazole rings is 1. The van der Waals surface area contributed by atoms with Crippen LogP contribution < -0.4 is 85.5 Å². The van der Waals surface area contributed by atoms with Gasteiger partial charge in [0.05, 0.1) is 31.3 Å². The minimum absolute atomic E-state index is 0.0390. The molecule has 2 aromatic rings. The summed E-state index contributed by atoms with van der Waals surface area (Å²) >= 11 is 0. The quantitative estimate of drug-likeness (QED) is 0.0302. The Morgan fingerprint density at radius 3 is 1.23 bits per heavy atom. The number of hydrogen-bond donors (Lipinski definition) is 23. The van der Waals surface area contributed by atoms with Gasteiger partial charge in [0.1, 0.15) is 103 Å². The predicted molar refractivity (Wildman–Crippen MR) is 490 cm³/mol. The zero-order valence-electron chi connectivity index (χ0n) is 80.6. The van der Waals surface area contributed by atoms with Gasteiger partial charge in [-0.3, -0.25) is 95.9 Å². The van der Waals surface area contributed by atoms with E-state index >= 15 is 0 Å². The lowest BCUT2D eigenvalue weighted by atomic mass is 9.96. The Kier molecular flexibility index (Phi) is 48.2. The molecule has 0 aliphatic carbocycles. The Balaban J connectivity index is 1.53. The molecule has 2 fully saturated rings. The number of aliphatic carboxylic acids is 4. The zero-order chi connectivity index (χ0) is 103. The summed E-state index contributed by atoms with van der Waals surface area (Å²) in [5.41, 5.74) is 6.15. The van der Waals surface area contributed by atoms with E-state index in [4.69, 9.17) is 5.73 Å². The number of carboxylic acids is 4. The molecule has 0 bridgehead atoms. The minimum Gasteiger partial charge on any atom is -0.481 e. The number of aliphatic hydroxyl groups excluding tert-OH is 2. The number of carboxylic acid groups (broad SMARTS) is 4. The Hall–Kier alpha value is -12.8. The van der Waals surface area contributed by atoms with Gasteiger partial charge in [-0.1, -0.05) is 140 Å². The van der Waals surface area contributed by atoms with Crippen LogP contribution in [-0.4, -0.2) is 310 Å². The van der Waals surface area contributed by atoms with Crippen LogP contribution in [0.3, 0.4) is 0 Å². The summed E-state index contributed by atoms with van der Waals surface area (Å²) in [5.74, 6) is -26.4. The summed E-state index contributed by atoms with van der Waals surface area (Å²) < 4.78 is 0. The predicted octanol–water partition coefficient (Wildman–Crippen LogP) is -3.76. The molecule has 0 spiro atoms. The van der Waals surface area contributed by atoms with E-state index in [1.54, 1.807) is 85.7 Å². The molecule has 0 unspecified atom stereocenters. The second kappa shape index (κ2) is 56.6. The molecule has 3 heterocycles. The number of nitrogens with one attached hydrogen (secondary N) is 16. The third-order valence-electron chi connectivity index (χ3n) is 23.7. The summed E-state index contributed by atoms with van der Waals surface area (Å²) in [6, 6.07) is -17.6. The lowest BCUT2D eigenvalue weighted by Crippen LogP contribution is -2.63. The number of carbonyl (C=O) groups excluding carboxylic acids is 17. The molecule has 0 radical (unpaired) electrons. The van der Waals surface area contributed by atoms with E-state index in [-0.39, 0.29) is 64.0 Å². The number of aromatic amines is 1. The lowest BCUT2D eigenvalue weighted by Gasteiger charge is -2.33. The van der Waals surface area contributed by atoms with Crippen molar-refractivity contribution in [2.45, 2.75) is 316 Å². The molecule has 764 valence electrons. The summed E-state index contributed by atoms with van der Waals surface area (Å²) in [7, 11) is 0. The first-order valence-corrected chi connectivity index (χ1v) is 46.4. The van der Waals surface area contributed by atoms with Crippen molar-refractivity contribution in [2.75, 3.05) is 26.2 Å². The maximum atomic E-state index is 14.9. The highest BCUT2D eigenvalue weighted by Crippen LogP contribution is 2.25. The molecule has 47 nitrogen and oxygen atoms in total. The summed E-state index contributed by atoms with van der Waals surface area (Å²) in [6.07, 6.45) is -2.15. The molecule has 4 rings (SSSR count). The van der Waals surface area contributed by atoms with Crippen LogP contribution in [0.1, 0.15) is 206 Å². The number of rotatable bonds is 58. The highest BCUT2D eigenvalue weighted by atomic mass is 16.4. The third kappa shape index (κ3) is 37.0. The Morgan fingerprint density at radius 2 is 0.774 bits per heavy atom. The van der Waals surface area contributed by atoms with Crippen LogP contribution >= 0.6 is 0 Å². The Bertz CT molecular complexity index is 4500. The standard InChI is InChI=1S/C90H142N20O27/c1-17-48(13)71(106-76(122)55(29-32-65(116)117)97-80(126)60(41-111)95-63(113)39-91)86(132)100-57(36-43(3)4)77(123)99-58(37-52-24-20-19-21-25-52)78(124)96-54(28-31-64(114)115)75(121)105-70(47(11)12)89(135)110-35-23-26-61(110)81(127)98-56(30-33-66(118)119)74(120)102-69(46(9)10)85(131)108-73(51(16)112)87(133)104-67(44(5)6)83(129)94-50(15)88(134)109-34-22-27-62(109)82(128)103-68(45(7)8)84(130)101-59(38-53-40-92-42-93-53)79(125)107-72(90(136)137)49(14)18-2/h19-21,24-25,40,42-51,54-62,67-73,111-112H,17-18,22-23,26-39,41,91H2,1-16H3,(H,92,93)(H,94,129)(H,95,113)(H,96,124)(H,97,126)(H,98,127)(H,99,123)(H,100,132)(H,101,130)(H,102,120)(H,103,128)(H,104,133)(H,105,121)(H,106,122)(H,107,125)(H,108,131)(H,114,115)(H,116,117)(H,118,119)(H,136,137)/t48-,49-,50-,51+,54-,55-,56-,57-,58-,59-,60-,61-,62-,67-,68-,69-,70-,71-,72-,73-/m0/s1. The molecule has 1 aromatic carbocycles. The van der Waals surface area contributed by atoms with E-state index < -0.39 is 320 Å². The van der Waals surface area contributed by atoms with Crippen molar-refractivity contribution in [3.05, 3.63) is 54.1 Å². The summed E-state index contributed by atoms with van der Waals surface area (Å²) in [5, 5.41) is 98.0. The first kappa shape index (κ1) is 116. The maximum absolute atomic E-state index is 14.9. The molecule has 24 N–H and O–H groups in total. The van der Waals surface area contributed by atoms with Gasteiger partial charge in [0.25, 0.3) is 0 Å². The average molecular weight is 1940 g/mol. The average Bonchev–Trinajstić information content (AvgIpc) is 1.68. The van der Waals surface area contributed by atoms with Gasteiger partial charge in [0, 0.05) is 51.4 Å². The van der Waals surface area contributed by atoms with Crippen molar-refractivity contribution in [1.29, 1.82) is 0 Å². The highest BCUT2D eigenvalue weighted by molar-refractivity contribution is 6.02. The largest absolute Gasteiger partial charge is 0.481 e. The van der Waals surface area contributed by atoms with Crippen molar-refractivity contribution in [2.24, 2.45) is 47.2 Å². The Morgan fingerprint density at radius 1 is 0.409 bits per heavy atom. The molecule has 17 amide bonds. The molecule has 47 heteroatoms. The molecule has 2 saturated heterocycles. The van der Waals surface area contributed by atoms with Crippen molar-refractivity contribution >= 4 is 124 Å². The van der Waals surface area contributed by atoms with Gasteiger partial charge in [-0.25, -0.2) is 9.78 Å². The van der Waals surface area contributed by atoms with Gasteiger partial charge in [-0.15, -0.1) is 0 Å². The second-order valence-corrected chi connectivity index (χ2v) is 36.6. The number of H-pyrrole nitrogens is 1. The van der Waals surface area contributed by atoms with Crippen LogP contribution in [0.4, 0.5) is 0 Å². The highest BCUT2D eigenvalue weighted by Gasteiger charge is 2.46. The Labute approximate surface area is 795 Å². The SMILES string of the molecule is CC[C@H](C)[C@H](NC(=O)[C@H](Cc1c[nH]cn1)NC(=O)[C@@H](NC(=O)[C@@H]1CCCN1C(=O)[C@H](C)NC(=O)[C@@H](NC(=O)[C@@H](NC(=O)[C@@H](NC(=O)[C@H](CCC(=O)O)NC(=O)[C@@H]1CCCN1C(=O)[C@@H](NC(=O)[C@H](CCC(=O)O)NC(=O)[C@H](Cc1ccccc1)NC(=O)[C@H](CC(C)C)NC(=O)[C@@H](NC(=O)[C@H](CCC(=O)O)NC(=O)[C@H](CO)NC(=O)CN)[C@@H](C)CC)C(C)C)C(C)C)[C@@H](C)O)C(C)C)C(C)C)C(=O)O. The van der Waals surface area contributed by atoms with Crippen LogP contribution in [0.15, 0.2) is 42.9 Å². The van der Waals surface area contributed by atoms with E-state index in [9.17, 15) is 131 Å². The van der Waals surface area contributed by atoms with E-state index in [0.29, 0.717) is 24.1 Å². The molecule has 0 saturated carbocycles. The zero-order valence-corrected chi connectivity index (χ0v) is 80.6. The molecule has 2 aliphatic heterocycles. The first-order chi connectivity index (χ1) is 64.3. The fourth-order valence-electron chi connectivity index (χ4n) is 15.3. The van der Waals surface area contributed by atoms with E-state index in [0.717, 1.165) is 11.8 Å². The summed E-state index contributed by atoms with van der Waals surface area (Å²) in [4.78, 5) is 299. The smallest absolute Gasteiger partial charge is 0.326 e. The van der Waals surface area contributed by atoms with Gasteiger partial charge in [0.2, 0.25) is 100 Å². The molecule has 137 heavy (non-hydrogen) atoms. The molecule has 20 atom stereocenters. The minimum atomic E-state index is -1.86. The van der Waals surface area contributed by atoms with Gasteiger partial charge in [0.15, 0.2) is 0 Å². The number of nitrogens with two attached hydrogens (primary N) is 1. The molecular formula is C90H142N20O27. The van der Waals surface area contributed by atoms with Crippen molar-refractivity contribution in [3.63, 3.8) is 0 Å². The van der Waals surface area contributed by atoms with E-state index in [1.807, 2.05) is 0 Å². The topological polar surface area (TPSA) is 721 Å². The van der Waals surface area contributed by atoms with Crippen LogP contribution in [0.5, 0.6) is 0 Å². The fourth-order valence-corrected chi connectivity index (χ4v) is 15.3. The number of carbonyl (C=O) groups is 21. The van der Waals surface area contributed by atoms with Crippen LogP contribution in [0.2, 0.25) is 0 Å². The second-order valence-electron chi connectivity index (χ2n) is 36.6. The number of hydrogen-bond acceptors (Lipinski definition) is 25. The van der Waals surface area contributed by atoms with Gasteiger partial charge < -0.3 is 131 Å². The summed E-state index contributed by atoms with van der Waals surface area (Å²) in [6.45, 7) is 23.3. The third-order valence-corrected chi connectivity index (χ3v) is 23.7. The van der Waals surface area contributed by atoms with E-state index in [1.165, 1.54) is 65.9 Å². The van der Waals surface area contributed by atoms with Gasteiger partial charge in [-0.05, 0) is 112 Å². The van der Waals surface area contributed by atoms with Crippen molar-refractivity contribution < 1.29 is 131 Å². The number of benzene rings is 1. The molecule has 2 aliphatic rings. The molecule has 1 aromatic heterocycles. The number of aromatic nitrogens is 2. The van der Waals surface area contributed by atoms with Crippen LogP contribution in [0, 0.1) is 41.4 Å².